The summed E-state index contributed by atoms with van der Waals surface area (Å²) in [6.45, 7) is 0.768. The van der Waals surface area contributed by atoms with E-state index in [1.165, 1.54) is 36.4 Å². The Morgan fingerprint density at radius 1 is 0.967 bits per heavy atom. The van der Waals surface area contributed by atoms with Crippen molar-refractivity contribution >= 4 is 21.6 Å². The van der Waals surface area contributed by atoms with Crippen molar-refractivity contribution in [2.45, 2.75) is 18.0 Å². The summed E-state index contributed by atoms with van der Waals surface area (Å²) in [6, 6.07) is 18.3. The maximum absolute atomic E-state index is 13.0. The highest BCUT2D eigenvalue weighted by atomic mass is 32.2. The molecule has 0 saturated carbocycles. The molecule has 0 fully saturated rings. The summed E-state index contributed by atoms with van der Waals surface area (Å²) in [6.07, 6.45) is 0. The van der Waals surface area contributed by atoms with E-state index in [4.69, 9.17) is 4.74 Å². The molecule has 6 nitrogen and oxygen atoms in total. The number of nitrogens with one attached hydrogen (secondary N) is 2. The molecule has 0 aromatic heterocycles. The molecule has 3 aromatic rings. The van der Waals surface area contributed by atoms with Crippen LogP contribution in [0.5, 0.6) is 0 Å². The summed E-state index contributed by atoms with van der Waals surface area (Å²) in [5, 5.41) is 2.78. The zero-order valence-electron chi connectivity index (χ0n) is 16.3. The Hall–Kier alpha value is -3.23. The van der Waals surface area contributed by atoms with Crippen LogP contribution in [-0.2, 0) is 27.9 Å². The SMILES string of the molecule is COCc1cccc(CNC(=O)c2cccc(S(=O)(=O)Nc3ccc(F)cc3)c2)c1. The van der Waals surface area contributed by atoms with E-state index in [0.29, 0.717) is 13.2 Å². The number of methoxy groups -OCH3 is 1. The lowest BCUT2D eigenvalue weighted by molar-refractivity contribution is 0.0950. The van der Waals surface area contributed by atoms with Gasteiger partial charge in [0.15, 0.2) is 0 Å². The Labute approximate surface area is 174 Å². The molecular formula is C22H21FN2O4S. The first-order chi connectivity index (χ1) is 14.4. The molecule has 0 unspecified atom stereocenters. The quantitative estimate of drug-likeness (QED) is 0.573. The van der Waals surface area contributed by atoms with Gasteiger partial charge in [-0.3, -0.25) is 9.52 Å². The third-order valence-corrected chi connectivity index (χ3v) is 5.64. The van der Waals surface area contributed by atoms with Crippen molar-refractivity contribution in [3.8, 4) is 0 Å². The minimum Gasteiger partial charge on any atom is -0.380 e. The Morgan fingerprint density at radius 2 is 1.67 bits per heavy atom. The van der Waals surface area contributed by atoms with Gasteiger partial charge in [-0.2, -0.15) is 0 Å². The lowest BCUT2D eigenvalue weighted by Crippen LogP contribution is -2.23. The molecule has 0 bridgehead atoms. The summed E-state index contributed by atoms with van der Waals surface area (Å²) < 4.78 is 45.7. The number of ether oxygens (including phenoxy) is 1. The summed E-state index contributed by atoms with van der Waals surface area (Å²) in [5.74, 6) is -0.865. The third kappa shape index (κ3) is 5.65. The number of carbonyl (C=O) groups excluding carboxylic acids is 1. The molecular weight excluding hydrogens is 407 g/mol. The molecule has 0 aliphatic heterocycles. The topological polar surface area (TPSA) is 84.5 Å². The fraction of sp³-hybridized carbons (Fsp3) is 0.136. The first-order valence-corrected chi connectivity index (χ1v) is 10.6. The molecule has 3 rings (SSSR count). The van der Waals surface area contributed by atoms with Crippen LogP contribution in [0.3, 0.4) is 0 Å². The van der Waals surface area contributed by atoms with Gasteiger partial charge in [0, 0.05) is 24.9 Å². The molecule has 2 N–H and O–H groups in total. The second kappa shape index (κ2) is 9.51. The van der Waals surface area contributed by atoms with Crippen molar-refractivity contribution in [1.29, 1.82) is 0 Å². The van der Waals surface area contributed by atoms with E-state index in [-0.39, 0.29) is 16.1 Å². The van der Waals surface area contributed by atoms with Gasteiger partial charge in [0.25, 0.3) is 15.9 Å². The van der Waals surface area contributed by atoms with Gasteiger partial charge >= 0.3 is 0 Å². The van der Waals surface area contributed by atoms with Crippen LogP contribution in [0.1, 0.15) is 21.5 Å². The second-order valence-electron chi connectivity index (χ2n) is 6.58. The molecule has 1 amide bonds. The molecule has 0 aliphatic carbocycles. The fourth-order valence-corrected chi connectivity index (χ4v) is 3.92. The van der Waals surface area contributed by atoms with E-state index in [0.717, 1.165) is 23.3 Å². The number of hydrogen-bond acceptors (Lipinski definition) is 4. The van der Waals surface area contributed by atoms with E-state index in [2.05, 4.69) is 10.0 Å². The van der Waals surface area contributed by atoms with Crippen LogP contribution >= 0.6 is 0 Å². The Kier molecular flexibility index (Phi) is 6.81. The normalized spacial score (nSPS) is 11.1. The summed E-state index contributed by atoms with van der Waals surface area (Å²) in [4.78, 5) is 12.4. The first kappa shape index (κ1) is 21.5. The number of anilines is 1. The predicted octanol–water partition coefficient (Wildman–Crippen LogP) is 3.70. The number of sulfonamides is 1. The molecule has 0 spiro atoms. The summed E-state index contributed by atoms with van der Waals surface area (Å²) in [5.41, 5.74) is 2.33. The maximum atomic E-state index is 13.0. The highest BCUT2D eigenvalue weighted by molar-refractivity contribution is 7.92. The van der Waals surface area contributed by atoms with Crippen molar-refractivity contribution in [1.82, 2.24) is 5.32 Å². The van der Waals surface area contributed by atoms with Gasteiger partial charge in [-0.15, -0.1) is 0 Å². The van der Waals surface area contributed by atoms with Gasteiger partial charge < -0.3 is 10.1 Å². The third-order valence-electron chi connectivity index (χ3n) is 4.26. The smallest absolute Gasteiger partial charge is 0.261 e. The van der Waals surface area contributed by atoms with Crippen LogP contribution in [0, 0.1) is 5.82 Å². The standard InChI is InChI=1S/C22H21FN2O4S/c1-29-15-17-5-2-4-16(12-17)14-24-22(26)18-6-3-7-21(13-18)30(27,28)25-20-10-8-19(23)9-11-20/h2-13,25H,14-15H2,1H3,(H,24,26). The van der Waals surface area contributed by atoms with Gasteiger partial charge in [0.1, 0.15) is 5.82 Å². The molecule has 0 aliphatic rings. The van der Waals surface area contributed by atoms with Crippen LogP contribution < -0.4 is 10.0 Å². The summed E-state index contributed by atoms with van der Waals surface area (Å²) >= 11 is 0. The molecule has 3 aromatic carbocycles. The Bertz CT molecular complexity index is 1130. The molecule has 0 radical (unpaired) electrons. The van der Waals surface area contributed by atoms with Crippen molar-refractivity contribution in [3.05, 3.63) is 95.3 Å². The number of carbonyl (C=O) groups is 1. The monoisotopic (exact) mass is 428 g/mol. The van der Waals surface area contributed by atoms with Gasteiger partial charge in [0.2, 0.25) is 0 Å². The minimum atomic E-state index is -3.93. The minimum absolute atomic E-state index is 0.0680. The van der Waals surface area contributed by atoms with Crippen molar-refractivity contribution in [2.24, 2.45) is 0 Å². The number of rotatable bonds is 8. The summed E-state index contributed by atoms with van der Waals surface area (Å²) in [7, 11) is -2.32. The number of amides is 1. The van der Waals surface area contributed by atoms with Crippen LogP contribution in [-0.4, -0.2) is 21.4 Å². The zero-order chi connectivity index (χ0) is 21.6. The van der Waals surface area contributed by atoms with E-state index in [1.807, 2.05) is 24.3 Å². The van der Waals surface area contributed by atoms with Crippen molar-refractivity contribution < 1.29 is 22.3 Å². The van der Waals surface area contributed by atoms with Crippen molar-refractivity contribution in [2.75, 3.05) is 11.8 Å². The predicted molar refractivity (Wildman–Crippen MR) is 112 cm³/mol. The average molecular weight is 428 g/mol. The van der Waals surface area contributed by atoms with E-state index < -0.39 is 21.7 Å². The zero-order valence-corrected chi connectivity index (χ0v) is 17.1. The maximum Gasteiger partial charge on any atom is 0.261 e. The Balaban J connectivity index is 1.70. The highest BCUT2D eigenvalue weighted by Gasteiger charge is 2.16. The van der Waals surface area contributed by atoms with E-state index in [1.54, 1.807) is 7.11 Å². The number of benzene rings is 3. The second-order valence-corrected chi connectivity index (χ2v) is 8.26. The average Bonchev–Trinajstić information content (AvgIpc) is 2.74. The molecule has 30 heavy (non-hydrogen) atoms. The van der Waals surface area contributed by atoms with E-state index >= 15 is 0 Å². The fourth-order valence-electron chi connectivity index (χ4n) is 2.82. The lowest BCUT2D eigenvalue weighted by Gasteiger charge is -2.10. The van der Waals surface area contributed by atoms with Gasteiger partial charge in [0.05, 0.1) is 11.5 Å². The molecule has 0 heterocycles. The van der Waals surface area contributed by atoms with Crippen molar-refractivity contribution in [3.63, 3.8) is 0 Å². The lowest BCUT2D eigenvalue weighted by atomic mass is 10.1. The molecule has 156 valence electrons. The molecule has 8 heteroatoms. The van der Waals surface area contributed by atoms with Crippen LogP contribution in [0.25, 0.3) is 0 Å². The van der Waals surface area contributed by atoms with Gasteiger partial charge in [-0.25, -0.2) is 12.8 Å². The first-order valence-electron chi connectivity index (χ1n) is 9.11. The van der Waals surface area contributed by atoms with Crippen LogP contribution in [0.2, 0.25) is 0 Å². The highest BCUT2D eigenvalue weighted by Crippen LogP contribution is 2.18. The van der Waals surface area contributed by atoms with Crippen LogP contribution in [0.15, 0.2) is 77.7 Å². The van der Waals surface area contributed by atoms with E-state index in [9.17, 15) is 17.6 Å². The number of halogens is 1. The number of hydrogen-bond donors (Lipinski definition) is 2. The Morgan fingerprint density at radius 3 is 2.40 bits per heavy atom. The molecule has 0 atom stereocenters. The van der Waals surface area contributed by atoms with Gasteiger partial charge in [-0.05, 0) is 53.6 Å². The van der Waals surface area contributed by atoms with Gasteiger partial charge in [-0.1, -0.05) is 30.3 Å². The largest absolute Gasteiger partial charge is 0.380 e. The van der Waals surface area contributed by atoms with Crippen LogP contribution in [0.4, 0.5) is 10.1 Å². The molecule has 0 saturated heterocycles.